The first-order valence-corrected chi connectivity index (χ1v) is 8.70. The maximum atomic E-state index is 12.9. The zero-order valence-corrected chi connectivity index (χ0v) is 14.4. The Hall–Kier alpha value is -1.92. The molecule has 0 amide bonds. The van der Waals surface area contributed by atoms with Gasteiger partial charge in [-0.25, -0.2) is 8.42 Å². The molecule has 0 aromatic heterocycles. The van der Waals surface area contributed by atoms with Crippen molar-refractivity contribution in [2.45, 2.75) is 30.7 Å². The second-order valence-corrected chi connectivity index (χ2v) is 6.96. The topological polar surface area (TPSA) is 63.7 Å². The maximum absolute atomic E-state index is 12.9. The molecule has 0 heterocycles. The van der Waals surface area contributed by atoms with Crippen molar-refractivity contribution >= 4 is 16.0 Å². The SMILES string of the molecule is C=CCCN(C(CC=C)C(=O)OC)S(=O)(=O)c1ccc(C)cc1. The average Bonchev–Trinajstić information content (AvgIpc) is 2.53. The molecule has 0 fully saturated rings. The number of ether oxygens (including phenoxy) is 1. The number of sulfonamides is 1. The van der Waals surface area contributed by atoms with Crippen LogP contribution in [0.4, 0.5) is 0 Å². The van der Waals surface area contributed by atoms with Crippen LogP contribution in [-0.4, -0.2) is 38.4 Å². The average molecular weight is 337 g/mol. The lowest BCUT2D eigenvalue weighted by molar-refractivity contribution is -0.145. The molecule has 0 aliphatic rings. The van der Waals surface area contributed by atoms with Gasteiger partial charge in [0, 0.05) is 6.54 Å². The van der Waals surface area contributed by atoms with Crippen molar-refractivity contribution < 1.29 is 17.9 Å². The smallest absolute Gasteiger partial charge is 0.324 e. The van der Waals surface area contributed by atoms with Gasteiger partial charge >= 0.3 is 5.97 Å². The lowest BCUT2D eigenvalue weighted by Crippen LogP contribution is -2.45. The van der Waals surface area contributed by atoms with E-state index in [9.17, 15) is 13.2 Å². The number of carbonyl (C=O) groups excluding carboxylic acids is 1. The highest BCUT2D eigenvalue weighted by atomic mass is 32.2. The van der Waals surface area contributed by atoms with Crippen molar-refractivity contribution in [3.05, 3.63) is 55.1 Å². The summed E-state index contributed by atoms with van der Waals surface area (Å²) in [5.74, 6) is -0.607. The van der Waals surface area contributed by atoms with Crippen molar-refractivity contribution in [1.82, 2.24) is 4.31 Å². The highest BCUT2D eigenvalue weighted by molar-refractivity contribution is 7.89. The van der Waals surface area contributed by atoms with E-state index in [0.717, 1.165) is 9.87 Å². The first-order chi connectivity index (χ1) is 10.9. The number of carbonyl (C=O) groups is 1. The lowest BCUT2D eigenvalue weighted by Gasteiger charge is -2.28. The Morgan fingerprint density at radius 1 is 1.26 bits per heavy atom. The minimum Gasteiger partial charge on any atom is -0.468 e. The molecule has 6 heteroatoms. The number of esters is 1. The van der Waals surface area contributed by atoms with E-state index in [4.69, 9.17) is 4.74 Å². The first kappa shape index (κ1) is 19.1. The van der Waals surface area contributed by atoms with Gasteiger partial charge < -0.3 is 4.74 Å². The standard InChI is InChI=1S/C17H23NO4S/c1-5-7-13-18(16(8-6-2)17(19)22-4)23(20,21)15-11-9-14(3)10-12-15/h5-6,9-12,16H,1-2,7-8,13H2,3-4H3. The zero-order chi connectivity index (χ0) is 17.5. The fraction of sp³-hybridized carbons (Fsp3) is 0.353. The van der Waals surface area contributed by atoms with Gasteiger partial charge in [0.15, 0.2) is 0 Å². The fourth-order valence-corrected chi connectivity index (χ4v) is 3.74. The summed E-state index contributed by atoms with van der Waals surface area (Å²) in [6.45, 7) is 9.23. The molecule has 23 heavy (non-hydrogen) atoms. The molecule has 0 saturated heterocycles. The number of hydrogen-bond acceptors (Lipinski definition) is 4. The van der Waals surface area contributed by atoms with Crippen molar-refractivity contribution in [2.75, 3.05) is 13.7 Å². The van der Waals surface area contributed by atoms with E-state index in [1.54, 1.807) is 18.2 Å². The third-order valence-corrected chi connectivity index (χ3v) is 5.31. The van der Waals surface area contributed by atoms with Crippen molar-refractivity contribution in [3.8, 4) is 0 Å². The molecule has 5 nitrogen and oxygen atoms in total. The van der Waals surface area contributed by atoms with Crippen LogP contribution in [0.3, 0.4) is 0 Å². The summed E-state index contributed by atoms with van der Waals surface area (Å²) < 4.78 is 31.8. The minimum atomic E-state index is -3.83. The molecule has 1 aromatic rings. The van der Waals surface area contributed by atoms with Crippen molar-refractivity contribution in [1.29, 1.82) is 0 Å². The summed E-state index contributed by atoms with van der Waals surface area (Å²) in [6, 6.07) is 5.57. The van der Waals surface area contributed by atoms with Gasteiger partial charge in [-0.1, -0.05) is 29.8 Å². The van der Waals surface area contributed by atoms with Crippen LogP contribution < -0.4 is 0 Å². The lowest BCUT2D eigenvalue weighted by atomic mass is 10.2. The van der Waals surface area contributed by atoms with Crippen molar-refractivity contribution in [2.24, 2.45) is 0 Å². The summed E-state index contributed by atoms with van der Waals surface area (Å²) >= 11 is 0. The number of aryl methyl sites for hydroxylation is 1. The monoisotopic (exact) mass is 337 g/mol. The van der Waals surface area contributed by atoms with Gasteiger partial charge in [0.05, 0.1) is 12.0 Å². The van der Waals surface area contributed by atoms with Crippen LogP contribution >= 0.6 is 0 Å². The predicted molar refractivity (Wildman–Crippen MR) is 90.5 cm³/mol. The van der Waals surface area contributed by atoms with Gasteiger partial charge in [0.2, 0.25) is 10.0 Å². The number of methoxy groups -OCH3 is 1. The van der Waals surface area contributed by atoms with E-state index in [1.165, 1.54) is 25.3 Å². The Balaban J connectivity index is 3.31. The first-order valence-electron chi connectivity index (χ1n) is 7.26. The van der Waals surface area contributed by atoms with Gasteiger partial charge in [-0.05, 0) is 31.9 Å². The summed E-state index contributed by atoms with van der Waals surface area (Å²) in [6.07, 6.45) is 3.72. The normalized spacial score (nSPS) is 12.7. The second kappa shape index (κ2) is 8.64. The van der Waals surface area contributed by atoms with E-state index in [-0.39, 0.29) is 17.9 Å². The van der Waals surface area contributed by atoms with E-state index >= 15 is 0 Å². The van der Waals surface area contributed by atoms with Crippen LogP contribution in [-0.2, 0) is 19.6 Å². The van der Waals surface area contributed by atoms with Gasteiger partial charge in [-0.2, -0.15) is 4.31 Å². The molecule has 0 radical (unpaired) electrons. The largest absolute Gasteiger partial charge is 0.468 e. The summed E-state index contributed by atoms with van der Waals surface area (Å²) in [5, 5.41) is 0. The van der Waals surface area contributed by atoms with Gasteiger partial charge in [0.1, 0.15) is 6.04 Å². The quantitative estimate of drug-likeness (QED) is 0.513. The van der Waals surface area contributed by atoms with E-state index in [1.807, 2.05) is 6.92 Å². The Kier molecular flexibility index (Phi) is 7.19. The van der Waals surface area contributed by atoms with Crippen LogP contribution in [0.15, 0.2) is 54.5 Å². The summed E-state index contributed by atoms with van der Waals surface area (Å²) in [7, 11) is -2.59. The molecule has 0 spiro atoms. The highest BCUT2D eigenvalue weighted by Crippen LogP contribution is 2.22. The molecule has 1 unspecified atom stereocenters. The van der Waals surface area contributed by atoms with Gasteiger partial charge in [-0.15, -0.1) is 13.2 Å². The molecule has 0 aliphatic carbocycles. The Labute approximate surface area is 138 Å². The Bertz CT molecular complexity index is 650. The minimum absolute atomic E-state index is 0.144. The molecule has 126 valence electrons. The molecule has 0 aliphatic heterocycles. The third kappa shape index (κ3) is 4.77. The highest BCUT2D eigenvalue weighted by Gasteiger charge is 2.35. The number of nitrogens with zero attached hydrogens (tertiary/aromatic N) is 1. The van der Waals surface area contributed by atoms with Gasteiger partial charge in [0.25, 0.3) is 0 Å². The van der Waals surface area contributed by atoms with Crippen LogP contribution in [0, 0.1) is 6.92 Å². The van der Waals surface area contributed by atoms with E-state index < -0.39 is 22.0 Å². The summed E-state index contributed by atoms with van der Waals surface area (Å²) in [4.78, 5) is 12.2. The molecule has 0 saturated carbocycles. The van der Waals surface area contributed by atoms with Crippen LogP contribution in [0.5, 0.6) is 0 Å². The molecule has 0 bridgehead atoms. The Morgan fingerprint density at radius 2 is 1.87 bits per heavy atom. The fourth-order valence-electron chi connectivity index (χ4n) is 2.13. The summed E-state index contributed by atoms with van der Waals surface area (Å²) in [5.41, 5.74) is 0.956. The molecule has 0 N–H and O–H groups in total. The second-order valence-electron chi connectivity index (χ2n) is 5.07. The molecule has 1 aromatic carbocycles. The maximum Gasteiger partial charge on any atom is 0.324 e. The third-order valence-electron chi connectivity index (χ3n) is 3.39. The van der Waals surface area contributed by atoms with Crippen LogP contribution in [0.2, 0.25) is 0 Å². The van der Waals surface area contributed by atoms with Crippen LogP contribution in [0.1, 0.15) is 18.4 Å². The molecular formula is C17H23NO4S. The van der Waals surface area contributed by atoms with Crippen LogP contribution in [0.25, 0.3) is 0 Å². The Morgan fingerprint density at radius 3 is 2.35 bits per heavy atom. The molecule has 1 rings (SSSR count). The van der Waals surface area contributed by atoms with E-state index in [0.29, 0.717) is 6.42 Å². The number of benzene rings is 1. The molecular weight excluding hydrogens is 314 g/mol. The van der Waals surface area contributed by atoms with Gasteiger partial charge in [-0.3, -0.25) is 4.79 Å². The van der Waals surface area contributed by atoms with Crippen molar-refractivity contribution in [3.63, 3.8) is 0 Å². The number of rotatable bonds is 9. The molecule has 1 atom stereocenters. The zero-order valence-electron chi connectivity index (χ0n) is 13.6. The predicted octanol–water partition coefficient (Wildman–Crippen LogP) is 2.68. The number of hydrogen-bond donors (Lipinski definition) is 0. The van der Waals surface area contributed by atoms with E-state index in [2.05, 4.69) is 13.2 Å².